The number of Topliss-reactive ketones (excluding diaryl/α,β-unsaturated/α-hetero) is 1. The minimum Gasteiger partial charge on any atom is -0.302 e. The molecule has 0 bridgehead atoms. The maximum absolute atomic E-state index is 12.4. The van der Waals surface area contributed by atoms with Crippen LogP contribution in [0, 0.1) is 11.3 Å². The van der Waals surface area contributed by atoms with Gasteiger partial charge in [-0.3, -0.25) is 4.79 Å². The highest BCUT2D eigenvalue weighted by Crippen LogP contribution is 2.23. The van der Waals surface area contributed by atoms with Crippen molar-refractivity contribution in [2.24, 2.45) is 11.3 Å². The van der Waals surface area contributed by atoms with Gasteiger partial charge < -0.3 is 5.32 Å². The number of nitrogens with one attached hydrogen (secondary N) is 1. The zero-order valence-electron chi connectivity index (χ0n) is 12.3. The molecule has 2 nitrogen and oxygen atoms in total. The van der Waals surface area contributed by atoms with Crippen molar-refractivity contribution in [2.45, 2.75) is 73.4 Å². The van der Waals surface area contributed by atoms with Crippen molar-refractivity contribution in [1.82, 2.24) is 5.32 Å². The Hall–Kier alpha value is -0.370. The molecule has 16 heavy (non-hydrogen) atoms. The Bertz CT molecular complexity index is 232. The van der Waals surface area contributed by atoms with E-state index in [1.807, 2.05) is 20.8 Å². The van der Waals surface area contributed by atoms with Gasteiger partial charge in [-0.05, 0) is 26.7 Å². The molecule has 0 unspecified atom stereocenters. The van der Waals surface area contributed by atoms with E-state index in [1.165, 1.54) is 0 Å². The Balaban J connectivity index is 4.89. The second-order valence-electron chi connectivity index (χ2n) is 6.87. The summed E-state index contributed by atoms with van der Waals surface area (Å²) in [4.78, 5) is 12.4. The van der Waals surface area contributed by atoms with Crippen LogP contribution in [0.4, 0.5) is 0 Å². The predicted molar refractivity (Wildman–Crippen MR) is 70.6 cm³/mol. The minimum atomic E-state index is -0.271. The number of carbonyl (C=O) groups is 1. The molecule has 0 radical (unpaired) electrons. The lowest BCUT2D eigenvalue weighted by atomic mass is 9.80. The first-order chi connectivity index (χ1) is 6.99. The van der Waals surface area contributed by atoms with E-state index >= 15 is 0 Å². The summed E-state index contributed by atoms with van der Waals surface area (Å²) in [6.07, 6.45) is 1.02. The number of carbonyl (C=O) groups excluding carboxylic acids is 1. The van der Waals surface area contributed by atoms with Crippen LogP contribution in [-0.4, -0.2) is 17.4 Å². The fraction of sp³-hybridized carbons (Fsp3) is 0.929. The standard InChI is InChI=1S/C14H29NO/c1-9-10(2)11(15-14(6,7)8)12(16)13(3,4)5/h10-11,15H,9H2,1-8H3/t10-,11-/m0/s1. The van der Waals surface area contributed by atoms with E-state index in [9.17, 15) is 4.79 Å². The molecular weight excluding hydrogens is 198 g/mol. The molecule has 0 aromatic heterocycles. The second-order valence-corrected chi connectivity index (χ2v) is 6.87. The largest absolute Gasteiger partial charge is 0.302 e. The molecule has 0 fully saturated rings. The Morgan fingerprint density at radius 2 is 1.56 bits per heavy atom. The van der Waals surface area contributed by atoms with Gasteiger partial charge in [0.25, 0.3) is 0 Å². The number of hydrogen-bond donors (Lipinski definition) is 1. The van der Waals surface area contributed by atoms with Crippen LogP contribution in [0.15, 0.2) is 0 Å². The van der Waals surface area contributed by atoms with Crippen LogP contribution in [-0.2, 0) is 4.79 Å². The smallest absolute Gasteiger partial charge is 0.155 e. The fourth-order valence-corrected chi connectivity index (χ4v) is 1.63. The molecule has 2 atom stereocenters. The van der Waals surface area contributed by atoms with Gasteiger partial charge in [-0.15, -0.1) is 0 Å². The molecule has 2 heteroatoms. The van der Waals surface area contributed by atoms with Gasteiger partial charge in [0.2, 0.25) is 0 Å². The van der Waals surface area contributed by atoms with Crippen LogP contribution in [0.2, 0.25) is 0 Å². The Kier molecular flexibility index (Phi) is 5.18. The first kappa shape index (κ1) is 15.6. The van der Waals surface area contributed by atoms with Gasteiger partial charge in [0, 0.05) is 11.0 Å². The van der Waals surface area contributed by atoms with Gasteiger partial charge in [0.1, 0.15) is 0 Å². The number of hydrogen-bond acceptors (Lipinski definition) is 2. The number of ketones is 1. The molecule has 0 spiro atoms. The normalized spacial score (nSPS) is 17.0. The Labute approximate surface area is 101 Å². The van der Waals surface area contributed by atoms with E-state index in [4.69, 9.17) is 0 Å². The van der Waals surface area contributed by atoms with E-state index in [0.29, 0.717) is 11.7 Å². The second kappa shape index (κ2) is 5.31. The topological polar surface area (TPSA) is 29.1 Å². The minimum absolute atomic E-state index is 0.0188. The van der Waals surface area contributed by atoms with Crippen LogP contribution in [0.25, 0.3) is 0 Å². The molecule has 0 amide bonds. The van der Waals surface area contributed by atoms with Gasteiger partial charge in [-0.2, -0.15) is 0 Å². The molecule has 0 aliphatic heterocycles. The summed E-state index contributed by atoms with van der Waals surface area (Å²) in [5.74, 6) is 0.697. The van der Waals surface area contributed by atoms with Crippen molar-refractivity contribution < 1.29 is 4.79 Å². The van der Waals surface area contributed by atoms with E-state index in [2.05, 4.69) is 39.9 Å². The summed E-state index contributed by atoms with van der Waals surface area (Å²) in [5, 5.41) is 3.46. The molecule has 1 N–H and O–H groups in total. The molecule has 0 aromatic carbocycles. The van der Waals surface area contributed by atoms with Crippen LogP contribution in [0.1, 0.15) is 61.8 Å². The van der Waals surface area contributed by atoms with Crippen LogP contribution in [0.3, 0.4) is 0 Å². The molecule has 0 aromatic rings. The van der Waals surface area contributed by atoms with E-state index in [-0.39, 0.29) is 17.0 Å². The van der Waals surface area contributed by atoms with E-state index in [0.717, 1.165) is 6.42 Å². The van der Waals surface area contributed by atoms with Gasteiger partial charge in [-0.1, -0.05) is 41.0 Å². The first-order valence-corrected chi connectivity index (χ1v) is 6.31. The highest BCUT2D eigenvalue weighted by Gasteiger charge is 2.34. The maximum atomic E-state index is 12.4. The highest BCUT2D eigenvalue weighted by atomic mass is 16.1. The van der Waals surface area contributed by atoms with Gasteiger partial charge in [-0.25, -0.2) is 0 Å². The summed E-state index contributed by atoms with van der Waals surface area (Å²) in [6.45, 7) is 16.6. The third-order valence-corrected chi connectivity index (χ3v) is 2.82. The Morgan fingerprint density at radius 1 is 1.12 bits per heavy atom. The zero-order chi connectivity index (χ0) is 13.1. The molecule has 0 saturated heterocycles. The van der Waals surface area contributed by atoms with Crippen molar-refractivity contribution in [1.29, 1.82) is 0 Å². The van der Waals surface area contributed by atoms with Crippen molar-refractivity contribution >= 4 is 5.78 Å². The molecule has 0 saturated carbocycles. The lowest BCUT2D eigenvalue weighted by Gasteiger charge is -2.35. The average Bonchev–Trinajstić information content (AvgIpc) is 2.09. The molecule has 96 valence electrons. The Morgan fingerprint density at radius 3 is 1.81 bits per heavy atom. The van der Waals surface area contributed by atoms with Crippen LogP contribution >= 0.6 is 0 Å². The third kappa shape index (κ3) is 5.11. The zero-order valence-corrected chi connectivity index (χ0v) is 12.3. The van der Waals surface area contributed by atoms with Crippen molar-refractivity contribution in [3.05, 3.63) is 0 Å². The molecular formula is C14H29NO. The summed E-state index contributed by atoms with van der Waals surface area (Å²) >= 11 is 0. The summed E-state index contributed by atoms with van der Waals surface area (Å²) in [5.41, 5.74) is -0.290. The molecule has 0 heterocycles. The SMILES string of the molecule is CC[C@H](C)[C@H](NC(C)(C)C)C(=O)C(C)(C)C. The number of rotatable bonds is 4. The van der Waals surface area contributed by atoms with Crippen molar-refractivity contribution in [3.63, 3.8) is 0 Å². The van der Waals surface area contributed by atoms with Gasteiger partial charge >= 0.3 is 0 Å². The lowest BCUT2D eigenvalue weighted by Crippen LogP contribution is -2.53. The van der Waals surface area contributed by atoms with Gasteiger partial charge in [0.05, 0.1) is 6.04 Å². The third-order valence-electron chi connectivity index (χ3n) is 2.82. The van der Waals surface area contributed by atoms with Gasteiger partial charge in [0.15, 0.2) is 5.78 Å². The van der Waals surface area contributed by atoms with Crippen LogP contribution in [0.5, 0.6) is 0 Å². The summed E-state index contributed by atoms with van der Waals surface area (Å²) in [6, 6.07) is -0.0370. The first-order valence-electron chi connectivity index (χ1n) is 6.31. The molecule has 0 aliphatic rings. The predicted octanol–water partition coefficient (Wildman–Crippen LogP) is 3.40. The van der Waals surface area contributed by atoms with E-state index in [1.54, 1.807) is 0 Å². The lowest BCUT2D eigenvalue weighted by molar-refractivity contribution is -0.130. The monoisotopic (exact) mass is 227 g/mol. The van der Waals surface area contributed by atoms with Crippen molar-refractivity contribution in [2.75, 3.05) is 0 Å². The van der Waals surface area contributed by atoms with E-state index < -0.39 is 0 Å². The summed E-state index contributed by atoms with van der Waals surface area (Å²) < 4.78 is 0. The fourth-order valence-electron chi connectivity index (χ4n) is 1.63. The summed E-state index contributed by atoms with van der Waals surface area (Å²) in [7, 11) is 0. The maximum Gasteiger partial charge on any atom is 0.155 e. The van der Waals surface area contributed by atoms with Crippen LogP contribution < -0.4 is 5.32 Å². The molecule has 0 rings (SSSR count). The average molecular weight is 227 g/mol. The van der Waals surface area contributed by atoms with Crippen molar-refractivity contribution in [3.8, 4) is 0 Å². The highest BCUT2D eigenvalue weighted by molar-refractivity contribution is 5.89. The quantitative estimate of drug-likeness (QED) is 0.797. The molecule has 0 aliphatic carbocycles.